The molecule has 1 heterocycles. The highest BCUT2D eigenvalue weighted by Crippen LogP contribution is 2.23. The zero-order valence-corrected chi connectivity index (χ0v) is 6.22. The summed E-state index contributed by atoms with van der Waals surface area (Å²) in [6, 6.07) is 0. The van der Waals surface area contributed by atoms with Crippen LogP contribution in [0.3, 0.4) is 0 Å². The van der Waals surface area contributed by atoms with E-state index in [1.165, 1.54) is 6.26 Å². The minimum absolute atomic E-state index is 0.00431. The largest absolute Gasteiger partial charge is 0.449 e. The topological polar surface area (TPSA) is 35.5 Å². The molecule has 3 nitrogen and oxygen atoms in total. The molecule has 0 bridgehead atoms. The number of ether oxygens (including phenoxy) is 2. The van der Waals surface area contributed by atoms with E-state index >= 15 is 0 Å². The summed E-state index contributed by atoms with van der Waals surface area (Å²) in [6.07, 6.45) is 1.92. The van der Waals surface area contributed by atoms with Crippen molar-refractivity contribution >= 4 is 17.9 Å². The molecular weight excluding hydrogens is 156 g/mol. The van der Waals surface area contributed by atoms with Gasteiger partial charge in [0.2, 0.25) is 6.29 Å². The fourth-order valence-electron chi connectivity index (χ4n) is 0.645. The number of carbonyl (C=O) groups is 1. The van der Waals surface area contributed by atoms with Crippen LogP contribution in [-0.4, -0.2) is 18.0 Å². The molecule has 0 aromatic rings. The van der Waals surface area contributed by atoms with Gasteiger partial charge in [-0.1, -0.05) is 0 Å². The van der Waals surface area contributed by atoms with Crippen LogP contribution in [0, 0.1) is 0 Å². The molecule has 0 aromatic heterocycles. The molecule has 0 aromatic carbocycles. The smallest absolute Gasteiger partial charge is 0.321 e. The highest BCUT2D eigenvalue weighted by Gasteiger charge is 2.36. The van der Waals surface area contributed by atoms with Crippen molar-refractivity contribution in [1.29, 1.82) is 0 Å². The lowest BCUT2D eigenvalue weighted by atomic mass is 10.4. The van der Waals surface area contributed by atoms with Crippen molar-refractivity contribution < 1.29 is 14.3 Å². The number of hydrogen-bond donors (Lipinski definition) is 0. The number of hydrogen-bond acceptors (Lipinski definition) is 3. The Morgan fingerprint density at radius 1 is 1.90 bits per heavy atom. The van der Waals surface area contributed by atoms with Crippen LogP contribution in [0.2, 0.25) is 0 Å². The van der Waals surface area contributed by atoms with Crippen molar-refractivity contribution in [2.45, 2.75) is 12.7 Å². The maximum Gasteiger partial charge on any atom is 0.321 e. The predicted molar refractivity (Wildman–Crippen MR) is 35.4 cm³/mol. The van der Waals surface area contributed by atoms with Gasteiger partial charge in [0.15, 0.2) is 0 Å². The third-order valence-electron chi connectivity index (χ3n) is 1.12. The monoisotopic (exact) mass is 162 g/mol. The van der Waals surface area contributed by atoms with Crippen molar-refractivity contribution in [2.75, 3.05) is 5.88 Å². The summed E-state index contributed by atoms with van der Waals surface area (Å²) >= 11 is 5.42. The zero-order chi connectivity index (χ0) is 7.61. The van der Waals surface area contributed by atoms with Gasteiger partial charge in [0, 0.05) is 0 Å². The van der Waals surface area contributed by atoms with E-state index < -0.39 is 5.79 Å². The molecule has 10 heavy (non-hydrogen) atoms. The van der Waals surface area contributed by atoms with Crippen LogP contribution in [0.15, 0.2) is 12.0 Å². The molecule has 56 valence electrons. The van der Waals surface area contributed by atoms with E-state index in [4.69, 9.17) is 21.1 Å². The SMILES string of the molecule is CC1=COC(C=O)(CCl)O1. The molecule has 1 rings (SSSR count). The third-order valence-corrected chi connectivity index (χ3v) is 1.50. The molecule has 1 aliphatic rings. The summed E-state index contributed by atoms with van der Waals surface area (Å²) in [5.74, 6) is -0.691. The Kier molecular flexibility index (Phi) is 1.85. The molecule has 4 heteroatoms. The van der Waals surface area contributed by atoms with Gasteiger partial charge in [-0.25, -0.2) is 0 Å². The van der Waals surface area contributed by atoms with Gasteiger partial charge in [-0.05, 0) is 6.92 Å². The van der Waals surface area contributed by atoms with E-state index in [1.54, 1.807) is 6.92 Å². The first kappa shape index (κ1) is 7.41. The standard InChI is InChI=1S/C6H7ClO3/c1-5-2-9-6(3-7,4-8)10-5/h2,4H,3H2,1H3. The second kappa shape index (κ2) is 2.50. The first-order valence-corrected chi connectivity index (χ1v) is 3.32. The lowest BCUT2D eigenvalue weighted by Crippen LogP contribution is -2.34. The predicted octanol–water partition coefficient (Wildman–Crippen LogP) is 1.03. The average molecular weight is 163 g/mol. The molecule has 0 N–H and O–H groups in total. The van der Waals surface area contributed by atoms with Crippen LogP contribution in [0.25, 0.3) is 0 Å². The van der Waals surface area contributed by atoms with Crippen LogP contribution in [0.4, 0.5) is 0 Å². The minimum Gasteiger partial charge on any atom is -0.449 e. The molecule has 1 unspecified atom stereocenters. The molecule has 0 radical (unpaired) electrons. The normalized spacial score (nSPS) is 30.4. The van der Waals surface area contributed by atoms with Crippen molar-refractivity contribution in [3.8, 4) is 0 Å². The van der Waals surface area contributed by atoms with Crippen LogP contribution >= 0.6 is 11.6 Å². The number of rotatable bonds is 2. The summed E-state index contributed by atoms with van der Waals surface area (Å²) in [7, 11) is 0. The molecule has 0 amide bonds. The number of allylic oxidation sites excluding steroid dienone is 1. The van der Waals surface area contributed by atoms with Gasteiger partial charge in [-0.3, -0.25) is 4.79 Å². The minimum atomic E-state index is -1.26. The van der Waals surface area contributed by atoms with Crippen molar-refractivity contribution in [2.24, 2.45) is 0 Å². The van der Waals surface area contributed by atoms with E-state index in [0.29, 0.717) is 12.0 Å². The van der Waals surface area contributed by atoms with E-state index in [9.17, 15) is 4.79 Å². The summed E-state index contributed by atoms with van der Waals surface area (Å²) in [6.45, 7) is 1.69. The zero-order valence-electron chi connectivity index (χ0n) is 5.46. The number of halogens is 1. The summed E-state index contributed by atoms with van der Waals surface area (Å²) in [4.78, 5) is 10.3. The van der Waals surface area contributed by atoms with E-state index in [-0.39, 0.29) is 5.88 Å². The molecule has 0 saturated heterocycles. The maximum atomic E-state index is 10.3. The fourth-order valence-corrected chi connectivity index (χ4v) is 0.826. The van der Waals surface area contributed by atoms with Gasteiger partial charge in [-0.15, -0.1) is 11.6 Å². The molecule has 1 aliphatic heterocycles. The number of alkyl halides is 1. The molecule has 0 spiro atoms. The van der Waals surface area contributed by atoms with Crippen molar-refractivity contribution in [1.82, 2.24) is 0 Å². The fraction of sp³-hybridized carbons (Fsp3) is 0.500. The van der Waals surface area contributed by atoms with Crippen molar-refractivity contribution in [3.63, 3.8) is 0 Å². The lowest BCUT2D eigenvalue weighted by molar-refractivity contribution is -0.154. The number of aldehydes is 1. The van der Waals surface area contributed by atoms with Gasteiger partial charge >= 0.3 is 5.79 Å². The van der Waals surface area contributed by atoms with Crippen LogP contribution in [-0.2, 0) is 14.3 Å². The summed E-state index contributed by atoms with van der Waals surface area (Å²) in [5.41, 5.74) is 0. The van der Waals surface area contributed by atoms with E-state index in [0.717, 1.165) is 0 Å². The first-order chi connectivity index (χ1) is 4.72. The molecule has 1 atom stereocenters. The third kappa shape index (κ3) is 1.09. The lowest BCUT2D eigenvalue weighted by Gasteiger charge is -2.18. The molecule has 0 saturated carbocycles. The molecule has 0 aliphatic carbocycles. The summed E-state index contributed by atoms with van der Waals surface area (Å²) in [5, 5.41) is 0. The van der Waals surface area contributed by atoms with Gasteiger partial charge in [-0.2, -0.15) is 0 Å². The Balaban J connectivity index is 2.65. The van der Waals surface area contributed by atoms with E-state index in [2.05, 4.69) is 0 Å². The highest BCUT2D eigenvalue weighted by atomic mass is 35.5. The average Bonchev–Trinajstić information content (AvgIpc) is 2.33. The van der Waals surface area contributed by atoms with Crippen LogP contribution in [0.5, 0.6) is 0 Å². The van der Waals surface area contributed by atoms with Crippen LogP contribution in [0.1, 0.15) is 6.92 Å². The molecular formula is C6H7ClO3. The Morgan fingerprint density at radius 2 is 2.60 bits per heavy atom. The Morgan fingerprint density at radius 3 is 2.80 bits per heavy atom. The second-order valence-electron chi connectivity index (χ2n) is 2.01. The Bertz CT molecular complexity index is 178. The second-order valence-corrected chi connectivity index (χ2v) is 2.28. The number of carbonyl (C=O) groups excluding carboxylic acids is 1. The maximum absolute atomic E-state index is 10.3. The summed E-state index contributed by atoms with van der Waals surface area (Å²) < 4.78 is 9.85. The van der Waals surface area contributed by atoms with Crippen LogP contribution < -0.4 is 0 Å². The van der Waals surface area contributed by atoms with E-state index in [1.807, 2.05) is 0 Å². The van der Waals surface area contributed by atoms with Gasteiger partial charge in [0.1, 0.15) is 17.9 Å². The van der Waals surface area contributed by atoms with Gasteiger partial charge in [0.25, 0.3) is 0 Å². The highest BCUT2D eigenvalue weighted by molar-refractivity contribution is 6.19. The van der Waals surface area contributed by atoms with Crippen molar-refractivity contribution in [3.05, 3.63) is 12.0 Å². The Hall–Kier alpha value is -0.700. The molecule has 0 fully saturated rings. The Labute approximate surface area is 63.6 Å². The van der Waals surface area contributed by atoms with Gasteiger partial charge in [0.05, 0.1) is 0 Å². The first-order valence-electron chi connectivity index (χ1n) is 2.78. The van der Waals surface area contributed by atoms with Gasteiger partial charge < -0.3 is 9.47 Å². The quantitative estimate of drug-likeness (QED) is 0.450.